The summed E-state index contributed by atoms with van der Waals surface area (Å²) in [6.45, 7) is 9.81. The third-order valence-electron chi connectivity index (χ3n) is 4.19. The number of carboxylic acid groups (broad SMARTS) is 1. The highest BCUT2D eigenvalue weighted by Gasteiger charge is 2.26. The van der Waals surface area contributed by atoms with Crippen molar-refractivity contribution in [1.29, 1.82) is 0 Å². The van der Waals surface area contributed by atoms with E-state index >= 15 is 0 Å². The minimum Gasteiger partial charge on any atom is -0.493 e. The van der Waals surface area contributed by atoms with Gasteiger partial charge in [-0.05, 0) is 51.3 Å². The second-order valence-electron chi connectivity index (χ2n) is 8.26. The number of rotatable bonds is 12. The van der Waals surface area contributed by atoms with Gasteiger partial charge in [-0.1, -0.05) is 32.8 Å². The van der Waals surface area contributed by atoms with E-state index in [2.05, 4.69) is 5.32 Å². The minimum absolute atomic E-state index is 0.00368. The summed E-state index contributed by atoms with van der Waals surface area (Å²) < 4.78 is 16.1. The summed E-state index contributed by atoms with van der Waals surface area (Å²) in [7, 11) is 0. The van der Waals surface area contributed by atoms with Crippen LogP contribution in [0.3, 0.4) is 0 Å². The molecule has 0 aliphatic rings. The summed E-state index contributed by atoms with van der Waals surface area (Å²) in [4.78, 5) is 36.4. The Hall–Kier alpha value is -2.77. The number of alkyl carbamates (subject to hydrolysis) is 1. The van der Waals surface area contributed by atoms with Crippen molar-refractivity contribution in [3.63, 3.8) is 0 Å². The van der Waals surface area contributed by atoms with Crippen LogP contribution in [0.4, 0.5) is 4.79 Å². The first-order valence-corrected chi connectivity index (χ1v) is 10.7. The quantitative estimate of drug-likeness (QED) is 0.369. The molecule has 0 aromatic heterocycles. The third kappa shape index (κ3) is 10.2. The second-order valence-corrected chi connectivity index (χ2v) is 8.26. The number of carbonyl (C=O) groups is 3. The molecular formula is C23H35NO7. The molecule has 0 radical (unpaired) electrons. The van der Waals surface area contributed by atoms with Crippen LogP contribution in [0, 0.1) is 0 Å². The van der Waals surface area contributed by atoms with Gasteiger partial charge in [0.25, 0.3) is 0 Å². The molecule has 1 amide bonds. The molecule has 1 aromatic rings. The predicted octanol–water partition coefficient (Wildman–Crippen LogP) is 4.34. The molecule has 0 spiro atoms. The highest BCUT2D eigenvalue weighted by atomic mass is 16.6. The maximum absolute atomic E-state index is 12.6. The topological polar surface area (TPSA) is 111 Å². The van der Waals surface area contributed by atoms with Gasteiger partial charge in [0.15, 0.2) is 0 Å². The lowest BCUT2D eigenvalue weighted by Crippen LogP contribution is -2.45. The fourth-order valence-corrected chi connectivity index (χ4v) is 2.62. The molecule has 0 heterocycles. The lowest BCUT2D eigenvalue weighted by Gasteiger charge is -2.23. The van der Waals surface area contributed by atoms with Crippen molar-refractivity contribution in [2.45, 2.75) is 78.4 Å². The highest BCUT2D eigenvalue weighted by molar-refractivity contribution is 5.91. The van der Waals surface area contributed by atoms with E-state index in [0.717, 1.165) is 19.3 Å². The summed E-state index contributed by atoms with van der Waals surface area (Å²) in [6.07, 6.45) is 2.62. The van der Waals surface area contributed by atoms with Crippen molar-refractivity contribution in [2.24, 2.45) is 0 Å². The molecule has 1 atom stereocenters. The molecule has 0 bridgehead atoms. The van der Waals surface area contributed by atoms with Crippen LogP contribution in [-0.4, -0.2) is 48.0 Å². The van der Waals surface area contributed by atoms with Gasteiger partial charge in [0, 0.05) is 6.42 Å². The molecule has 0 unspecified atom stereocenters. The Balaban J connectivity index is 3.02. The first-order valence-electron chi connectivity index (χ1n) is 10.7. The second kappa shape index (κ2) is 12.8. The lowest BCUT2D eigenvalue weighted by molar-refractivity contribution is -0.146. The SMILES string of the molecule is CCCCOC(=O)[C@H](Cc1ccc(OCCCC)c(C(=O)O)c1)NC(=O)OC(C)(C)C. The van der Waals surface area contributed by atoms with E-state index in [4.69, 9.17) is 14.2 Å². The van der Waals surface area contributed by atoms with Gasteiger partial charge < -0.3 is 24.6 Å². The molecule has 0 aliphatic heterocycles. The van der Waals surface area contributed by atoms with Gasteiger partial charge in [0.2, 0.25) is 0 Å². The van der Waals surface area contributed by atoms with E-state index in [9.17, 15) is 19.5 Å². The Morgan fingerprint density at radius 2 is 1.71 bits per heavy atom. The van der Waals surface area contributed by atoms with Crippen molar-refractivity contribution in [1.82, 2.24) is 5.32 Å². The number of esters is 1. The average Bonchev–Trinajstić information content (AvgIpc) is 2.67. The molecule has 0 fully saturated rings. The van der Waals surface area contributed by atoms with Crippen LogP contribution in [0.1, 0.15) is 76.2 Å². The number of amides is 1. The van der Waals surface area contributed by atoms with Gasteiger partial charge in [0.05, 0.1) is 13.2 Å². The number of hydrogen-bond acceptors (Lipinski definition) is 6. The number of aromatic carboxylic acids is 1. The number of ether oxygens (including phenoxy) is 3. The van der Waals surface area contributed by atoms with Crippen LogP contribution in [-0.2, 0) is 20.7 Å². The van der Waals surface area contributed by atoms with Crippen LogP contribution in [0.5, 0.6) is 5.75 Å². The van der Waals surface area contributed by atoms with Gasteiger partial charge >= 0.3 is 18.0 Å². The first-order chi connectivity index (χ1) is 14.6. The summed E-state index contributed by atoms with van der Waals surface area (Å²) in [5.74, 6) is -1.46. The predicted molar refractivity (Wildman–Crippen MR) is 117 cm³/mol. The smallest absolute Gasteiger partial charge is 0.408 e. The number of benzene rings is 1. The zero-order chi connectivity index (χ0) is 23.4. The number of nitrogens with one attached hydrogen (secondary N) is 1. The normalized spacial score (nSPS) is 12.0. The molecule has 0 saturated carbocycles. The number of carboxylic acids is 1. The van der Waals surface area contributed by atoms with Crippen molar-refractivity contribution < 1.29 is 33.7 Å². The van der Waals surface area contributed by atoms with Crippen molar-refractivity contribution in [3.8, 4) is 5.75 Å². The van der Waals surface area contributed by atoms with Gasteiger partial charge in [-0.3, -0.25) is 0 Å². The van der Waals surface area contributed by atoms with Crippen LogP contribution in [0.25, 0.3) is 0 Å². The first kappa shape index (κ1) is 26.3. The summed E-state index contributed by atoms with van der Waals surface area (Å²) >= 11 is 0. The standard InChI is InChI=1S/C23H35NO7/c1-6-8-12-29-19-11-10-16(14-17(19)20(25)26)15-18(21(27)30-13-9-7-2)24-22(28)31-23(3,4)5/h10-11,14,18H,6-9,12-13,15H2,1-5H3,(H,24,28)(H,25,26)/t18-/m0/s1. The Labute approximate surface area is 184 Å². The largest absolute Gasteiger partial charge is 0.493 e. The molecule has 8 nitrogen and oxygen atoms in total. The number of carbonyl (C=O) groups excluding carboxylic acids is 2. The fourth-order valence-electron chi connectivity index (χ4n) is 2.62. The molecule has 1 rings (SSSR count). The molecule has 0 saturated heterocycles. The van der Waals surface area contributed by atoms with Gasteiger partial charge in [-0.2, -0.15) is 0 Å². The molecule has 8 heteroatoms. The van der Waals surface area contributed by atoms with Crippen molar-refractivity contribution in [2.75, 3.05) is 13.2 Å². The Morgan fingerprint density at radius 1 is 1.06 bits per heavy atom. The van der Waals surface area contributed by atoms with E-state index in [1.165, 1.54) is 6.07 Å². The van der Waals surface area contributed by atoms with Gasteiger partial charge in [-0.25, -0.2) is 14.4 Å². The maximum Gasteiger partial charge on any atom is 0.408 e. The Kier molecular flexibility index (Phi) is 10.9. The zero-order valence-corrected chi connectivity index (χ0v) is 19.2. The lowest BCUT2D eigenvalue weighted by atomic mass is 10.0. The van der Waals surface area contributed by atoms with E-state index < -0.39 is 29.7 Å². The summed E-state index contributed by atoms with van der Waals surface area (Å²) in [5, 5.41) is 12.1. The van der Waals surface area contributed by atoms with Crippen LogP contribution < -0.4 is 10.1 Å². The average molecular weight is 438 g/mol. The van der Waals surface area contributed by atoms with E-state index in [0.29, 0.717) is 18.6 Å². The fraction of sp³-hybridized carbons (Fsp3) is 0.609. The third-order valence-corrected chi connectivity index (χ3v) is 4.19. The molecule has 1 aromatic carbocycles. The molecule has 0 aliphatic carbocycles. The van der Waals surface area contributed by atoms with E-state index in [-0.39, 0.29) is 24.3 Å². The minimum atomic E-state index is -1.13. The highest BCUT2D eigenvalue weighted by Crippen LogP contribution is 2.22. The van der Waals surface area contributed by atoms with Crippen LogP contribution >= 0.6 is 0 Å². The Bertz CT molecular complexity index is 740. The van der Waals surface area contributed by atoms with Gasteiger partial charge in [-0.15, -0.1) is 0 Å². The summed E-state index contributed by atoms with van der Waals surface area (Å²) in [6, 6.07) is 3.69. The molecule has 174 valence electrons. The number of hydrogen-bond donors (Lipinski definition) is 2. The molecule has 2 N–H and O–H groups in total. The maximum atomic E-state index is 12.6. The molecule has 31 heavy (non-hydrogen) atoms. The van der Waals surface area contributed by atoms with Crippen LogP contribution in [0.2, 0.25) is 0 Å². The van der Waals surface area contributed by atoms with Crippen LogP contribution in [0.15, 0.2) is 18.2 Å². The van der Waals surface area contributed by atoms with Crippen molar-refractivity contribution >= 4 is 18.0 Å². The Morgan fingerprint density at radius 3 is 2.29 bits per heavy atom. The monoisotopic (exact) mass is 437 g/mol. The summed E-state index contributed by atoms with van der Waals surface area (Å²) in [5.41, 5.74) is -0.174. The van der Waals surface area contributed by atoms with Gasteiger partial charge in [0.1, 0.15) is 23.0 Å². The number of unbranched alkanes of at least 4 members (excludes halogenated alkanes) is 2. The van der Waals surface area contributed by atoms with Crippen molar-refractivity contribution in [3.05, 3.63) is 29.3 Å². The molecular weight excluding hydrogens is 402 g/mol. The van der Waals surface area contributed by atoms with E-state index in [1.807, 2.05) is 13.8 Å². The van der Waals surface area contributed by atoms with E-state index in [1.54, 1.807) is 32.9 Å². The zero-order valence-electron chi connectivity index (χ0n) is 19.2.